The number of halogens is 1. The van der Waals surface area contributed by atoms with Crippen LogP contribution >= 0.6 is 11.6 Å². The van der Waals surface area contributed by atoms with E-state index in [1.54, 1.807) is 7.11 Å². The predicted octanol–water partition coefficient (Wildman–Crippen LogP) is 7.46. The number of nitrogens with zero attached hydrogens (tertiary/aromatic N) is 5. The number of methoxy groups -OCH3 is 1. The highest BCUT2D eigenvalue weighted by molar-refractivity contribution is 6.31. The largest absolute Gasteiger partial charge is 0.481 e. The van der Waals surface area contributed by atoms with Crippen molar-refractivity contribution in [2.24, 2.45) is 5.92 Å². The average molecular weight is 780 g/mol. The number of rotatable bonds is 10. The summed E-state index contributed by atoms with van der Waals surface area (Å²) in [5.74, 6) is -0.180. The van der Waals surface area contributed by atoms with Crippen LogP contribution in [0.25, 0.3) is 33.7 Å². The number of pyridine rings is 1. The van der Waals surface area contributed by atoms with E-state index in [1.807, 2.05) is 37.3 Å². The second-order valence-corrected chi connectivity index (χ2v) is 15.8. The summed E-state index contributed by atoms with van der Waals surface area (Å²) in [6.07, 6.45) is 3.40. The Kier molecular flexibility index (Phi) is 9.43. The Morgan fingerprint density at radius 2 is 1.77 bits per heavy atom. The van der Waals surface area contributed by atoms with Crippen molar-refractivity contribution in [1.82, 2.24) is 19.8 Å². The number of nitro benzene ring substituents is 1. The van der Waals surface area contributed by atoms with E-state index >= 15 is 0 Å². The van der Waals surface area contributed by atoms with Gasteiger partial charge in [-0.05, 0) is 104 Å². The summed E-state index contributed by atoms with van der Waals surface area (Å²) in [6, 6.07) is 15.8. The first kappa shape index (κ1) is 36.6. The standard InChI is InChI=1S/C42H42ClN5O8/c1-22-26(28-7-4-8-30-29(28)10-12-36(30)55-41-33(43)17-24(39(45-41)54-2)19-46-15-14-25(49)21-46)5-3-6-27(22)40-44-34-18-32-31(37(48(52)53)38(34)56-40)9-11-35(32)47-16-13-23(20-47)42(50)51/h3-8,17-18,23,25,35-36,49H,9-16,19-21H2,1-2H3,(H,50,51)/t23-,25-,35-,36+/m1/s1. The number of benzene rings is 3. The van der Waals surface area contributed by atoms with Crippen molar-refractivity contribution in [2.45, 2.75) is 70.2 Å². The highest BCUT2D eigenvalue weighted by atomic mass is 35.5. The summed E-state index contributed by atoms with van der Waals surface area (Å²) in [6.45, 7) is 5.03. The number of hydrogen-bond acceptors (Lipinski definition) is 11. The summed E-state index contributed by atoms with van der Waals surface area (Å²) >= 11 is 6.75. The van der Waals surface area contributed by atoms with Gasteiger partial charge in [0, 0.05) is 48.9 Å². The van der Waals surface area contributed by atoms with Crippen molar-refractivity contribution < 1.29 is 33.8 Å². The zero-order valence-corrected chi connectivity index (χ0v) is 31.9. The number of likely N-dealkylation sites (tertiary alicyclic amines) is 2. The normalized spacial score (nSPS) is 22.1. The molecule has 5 aromatic rings. The number of aromatic nitrogens is 2. The fourth-order valence-electron chi connectivity index (χ4n) is 9.41. The maximum atomic E-state index is 12.6. The molecule has 0 spiro atoms. The van der Waals surface area contributed by atoms with Crippen LogP contribution in [0.2, 0.25) is 5.02 Å². The Bertz CT molecular complexity index is 2400. The van der Waals surface area contributed by atoms with Crippen molar-refractivity contribution in [3.63, 3.8) is 0 Å². The number of β-amino-alcohol motifs (C(OH)–C–C–N with tert-alkyl or cyclic N) is 1. The van der Waals surface area contributed by atoms with Gasteiger partial charge in [-0.2, -0.15) is 4.98 Å². The van der Waals surface area contributed by atoms with Crippen molar-refractivity contribution in [3.05, 3.63) is 97.0 Å². The molecule has 0 saturated carbocycles. The van der Waals surface area contributed by atoms with E-state index in [-0.39, 0.29) is 34.4 Å². The number of fused-ring (bicyclic) bond motifs is 3. The second kappa shape index (κ2) is 14.5. The van der Waals surface area contributed by atoms with Crippen molar-refractivity contribution in [1.29, 1.82) is 0 Å². The summed E-state index contributed by atoms with van der Waals surface area (Å²) in [5.41, 5.74) is 8.77. The first-order valence-electron chi connectivity index (χ1n) is 19.2. The minimum absolute atomic E-state index is 0.0539. The van der Waals surface area contributed by atoms with E-state index in [0.29, 0.717) is 79.2 Å². The summed E-state index contributed by atoms with van der Waals surface area (Å²) in [5, 5.41) is 32.5. The molecule has 14 heteroatoms. The average Bonchev–Trinajstić information content (AvgIpc) is 4.03. The Hall–Kier alpha value is -5.08. The lowest BCUT2D eigenvalue weighted by Gasteiger charge is -2.24. The lowest BCUT2D eigenvalue weighted by atomic mass is 9.91. The fraction of sp³-hybridized carbons (Fsp3) is 0.405. The van der Waals surface area contributed by atoms with Crippen LogP contribution in [0.3, 0.4) is 0 Å². The van der Waals surface area contributed by atoms with E-state index in [9.17, 15) is 25.1 Å². The Labute approximate surface area is 328 Å². The van der Waals surface area contributed by atoms with Gasteiger partial charge in [-0.25, -0.2) is 4.98 Å². The molecule has 9 rings (SSSR count). The first-order valence-corrected chi connectivity index (χ1v) is 19.6. The van der Waals surface area contributed by atoms with Gasteiger partial charge in [0.15, 0.2) is 0 Å². The van der Waals surface area contributed by atoms with E-state index in [0.717, 1.165) is 70.3 Å². The molecule has 4 aliphatic rings. The maximum absolute atomic E-state index is 12.6. The molecule has 2 aliphatic heterocycles. The molecule has 2 aromatic heterocycles. The SMILES string of the molecule is COc1nc(O[C@H]2CCc3c(-c4cccc(-c5nc6cc7c(c([N+](=O)[O-])c6o5)CC[C@H]7N5CC[C@@H](C(=O)O)C5)c4C)cccc32)c(Cl)cc1CN1CC[C@@H](O)C1. The molecule has 4 heterocycles. The van der Waals surface area contributed by atoms with Gasteiger partial charge in [0.2, 0.25) is 23.2 Å². The zero-order chi connectivity index (χ0) is 38.8. The van der Waals surface area contributed by atoms with Gasteiger partial charge < -0.3 is 24.1 Å². The Morgan fingerprint density at radius 3 is 2.52 bits per heavy atom. The third-order valence-corrected chi connectivity index (χ3v) is 12.4. The topological polar surface area (TPSA) is 165 Å². The van der Waals surface area contributed by atoms with Crippen LogP contribution in [-0.4, -0.2) is 80.3 Å². The van der Waals surface area contributed by atoms with Crippen LogP contribution in [-0.2, 0) is 24.2 Å². The Balaban J connectivity index is 1.01. The predicted molar refractivity (Wildman–Crippen MR) is 208 cm³/mol. The van der Waals surface area contributed by atoms with Crippen molar-refractivity contribution in [3.8, 4) is 34.3 Å². The molecule has 290 valence electrons. The van der Waals surface area contributed by atoms with Gasteiger partial charge in [-0.15, -0.1) is 0 Å². The third-order valence-electron chi connectivity index (χ3n) is 12.2. The maximum Gasteiger partial charge on any atom is 0.317 e. The van der Waals surface area contributed by atoms with Crippen molar-refractivity contribution in [2.75, 3.05) is 33.3 Å². The second-order valence-electron chi connectivity index (χ2n) is 15.4. The molecule has 0 radical (unpaired) electrons. The molecule has 0 bridgehead atoms. The van der Waals surface area contributed by atoms with E-state index < -0.39 is 11.9 Å². The number of carbonyl (C=O) groups is 1. The number of hydrogen-bond donors (Lipinski definition) is 2. The molecular formula is C42H42ClN5O8. The van der Waals surface area contributed by atoms with Gasteiger partial charge in [-0.3, -0.25) is 24.7 Å². The van der Waals surface area contributed by atoms with Crippen LogP contribution in [0, 0.1) is 23.0 Å². The minimum atomic E-state index is -0.805. The van der Waals surface area contributed by atoms with Gasteiger partial charge in [0.05, 0.1) is 24.1 Å². The highest BCUT2D eigenvalue weighted by Crippen LogP contribution is 2.47. The third kappa shape index (κ3) is 6.36. The van der Waals surface area contributed by atoms with Crippen LogP contribution in [0.4, 0.5) is 5.69 Å². The monoisotopic (exact) mass is 779 g/mol. The molecule has 2 aliphatic carbocycles. The van der Waals surface area contributed by atoms with Gasteiger partial charge in [0.1, 0.15) is 16.6 Å². The van der Waals surface area contributed by atoms with E-state index in [2.05, 4.69) is 33.0 Å². The number of carboxylic acids is 1. The van der Waals surface area contributed by atoms with Crippen molar-refractivity contribution >= 4 is 34.4 Å². The lowest BCUT2D eigenvalue weighted by molar-refractivity contribution is -0.384. The summed E-state index contributed by atoms with van der Waals surface area (Å²) in [7, 11) is 1.58. The van der Waals surface area contributed by atoms with Crippen LogP contribution in [0.1, 0.15) is 71.2 Å². The smallest absolute Gasteiger partial charge is 0.317 e. The van der Waals surface area contributed by atoms with Crippen LogP contribution in [0.5, 0.6) is 11.8 Å². The quantitative estimate of drug-likeness (QED) is 0.106. The molecular weight excluding hydrogens is 738 g/mol. The summed E-state index contributed by atoms with van der Waals surface area (Å²) < 4.78 is 18.4. The zero-order valence-electron chi connectivity index (χ0n) is 31.2. The fourth-order valence-corrected chi connectivity index (χ4v) is 9.63. The number of aliphatic hydroxyl groups excluding tert-OH is 1. The number of aliphatic carboxylic acids is 1. The molecule has 13 nitrogen and oxygen atoms in total. The van der Waals surface area contributed by atoms with E-state index in [4.69, 9.17) is 30.5 Å². The van der Waals surface area contributed by atoms with Gasteiger partial charge in [0.25, 0.3) is 0 Å². The highest BCUT2D eigenvalue weighted by Gasteiger charge is 2.40. The van der Waals surface area contributed by atoms with Gasteiger partial charge >= 0.3 is 11.7 Å². The number of nitro groups is 1. The molecule has 3 aromatic carbocycles. The van der Waals surface area contributed by atoms with Gasteiger partial charge in [-0.1, -0.05) is 41.9 Å². The molecule has 0 amide bonds. The molecule has 4 atom stereocenters. The number of aliphatic hydroxyl groups is 1. The number of ether oxygens (including phenoxy) is 2. The molecule has 2 saturated heterocycles. The first-order chi connectivity index (χ1) is 27.1. The molecule has 0 unspecified atom stereocenters. The molecule has 2 fully saturated rings. The van der Waals surface area contributed by atoms with Crippen LogP contribution in [0.15, 0.2) is 52.9 Å². The number of oxazole rings is 1. The Morgan fingerprint density at radius 1 is 0.982 bits per heavy atom. The van der Waals surface area contributed by atoms with E-state index in [1.165, 1.54) is 0 Å². The molecule has 56 heavy (non-hydrogen) atoms. The van der Waals surface area contributed by atoms with Crippen LogP contribution < -0.4 is 9.47 Å². The molecule has 2 N–H and O–H groups in total. The number of carboxylic acid groups (broad SMARTS) is 1. The lowest BCUT2D eigenvalue weighted by Crippen LogP contribution is -2.26. The minimum Gasteiger partial charge on any atom is -0.481 e. The summed E-state index contributed by atoms with van der Waals surface area (Å²) in [4.78, 5) is 37.7.